The van der Waals surface area contributed by atoms with E-state index in [4.69, 9.17) is 4.98 Å². The van der Waals surface area contributed by atoms with Crippen molar-refractivity contribution in [1.82, 2.24) is 14.1 Å². The van der Waals surface area contributed by atoms with Crippen LogP contribution in [0.1, 0.15) is 16.7 Å². The number of hydrogen-bond acceptors (Lipinski definition) is 2. The maximum absolute atomic E-state index is 10.3. The number of nitrogens with zero attached hydrogens (tertiary/aromatic N) is 4. The van der Waals surface area contributed by atoms with Gasteiger partial charge in [0.1, 0.15) is 0 Å². The molecule has 8 aromatic rings. The molecule has 0 aliphatic heterocycles. The molecule has 0 fully saturated rings. The van der Waals surface area contributed by atoms with E-state index in [9.17, 15) is 5.26 Å². The minimum Gasteiger partial charge on any atom is -0.307 e. The van der Waals surface area contributed by atoms with Crippen molar-refractivity contribution in [2.24, 2.45) is 0 Å². The second-order valence-corrected chi connectivity index (χ2v) is 10.9. The smallest absolute Gasteiger partial charge is 0.0998 e. The quantitative estimate of drug-likeness (QED) is 0.225. The average Bonchev–Trinajstić information content (AvgIpc) is 3.56. The third kappa shape index (κ3) is 3.31. The van der Waals surface area contributed by atoms with Crippen LogP contribution < -0.4 is 0 Å². The van der Waals surface area contributed by atoms with E-state index in [0.717, 1.165) is 44.6 Å². The Bertz CT molecular complexity index is 2260. The van der Waals surface area contributed by atoms with Crippen LogP contribution in [0.3, 0.4) is 0 Å². The number of benzene rings is 5. The first-order chi connectivity index (χ1) is 20.7. The van der Waals surface area contributed by atoms with E-state index in [-0.39, 0.29) is 0 Å². The zero-order chi connectivity index (χ0) is 28.4. The monoisotopic (exact) mass is 538 g/mol. The molecular formula is C38H26N4. The van der Waals surface area contributed by atoms with Gasteiger partial charge in [-0.1, -0.05) is 91.0 Å². The van der Waals surface area contributed by atoms with Crippen LogP contribution in [0.25, 0.3) is 66.1 Å². The number of para-hydroxylation sites is 4. The lowest BCUT2D eigenvalue weighted by molar-refractivity contribution is 1.09. The summed E-state index contributed by atoms with van der Waals surface area (Å²) in [6.45, 7) is 4.32. The molecule has 0 spiro atoms. The molecule has 3 heterocycles. The number of nitriles is 1. The third-order valence-electron chi connectivity index (χ3n) is 8.50. The Balaban J connectivity index is 1.61. The van der Waals surface area contributed by atoms with Crippen LogP contribution in [-0.2, 0) is 0 Å². The molecule has 0 atom stereocenters. The third-order valence-corrected chi connectivity index (χ3v) is 8.50. The summed E-state index contributed by atoms with van der Waals surface area (Å²) in [6, 6.07) is 40.4. The highest BCUT2D eigenvalue weighted by Crippen LogP contribution is 2.43. The Morgan fingerprint density at radius 2 is 1.02 bits per heavy atom. The summed E-state index contributed by atoms with van der Waals surface area (Å²) in [7, 11) is 0. The van der Waals surface area contributed by atoms with Gasteiger partial charge in [0.15, 0.2) is 0 Å². The molecule has 0 radical (unpaired) electrons. The Labute approximate surface area is 243 Å². The zero-order valence-electron chi connectivity index (χ0n) is 23.3. The second kappa shape index (κ2) is 9.19. The van der Waals surface area contributed by atoms with E-state index in [1.165, 1.54) is 32.7 Å². The van der Waals surface area contributed by atoms with Gasteiger partial charge in [0.05, 0.1) is 57.5 Å². The topological polar surface area (TPSA) is 46.5 Å². The summed E-state index contributed by atoms with van der Waals surface area (Å²) in [5, 5.41) is 15.1. The molecule has 0 bridgehead atoms. The maximum atomic E-state index is 10.3. The Morgan fingerprint density at radius 3 is 1.57 bits per heavy atom. The van der Waals surface area contributed by atoms with E-state index in [1.54, 1.807) is 0 Å². The highest BCUT2D eigenvalue weighted by molar-refractivity contribution is 6.12. The first-order valence-electron chi connectivity index (χ1n) is 14.1. The van der Waals surface area contributed by atoms with Gasteiger partial charge in [-0.2, -0.15) is 5.26 Å². The van der Waals surface area contributed by atoms with Crippen molar-refractivity contribution in [2.45, 2.75) is 13.8 Å². The standard InChI is InChI=1S/C38H26N4/c1-24-11-9-17-30-28-15-5-7-19-32(28)41(37(24)30)34-22-40-23-35(36(34)27-14-4-3-13-26(27)21-39)42-33-20-8-6-16-29(33)31-18-10-12-25(2)38(31)42/h3-20,22-23H,1-2H3. The SMILES string of the molecule is Cc1cccc2c3ccccc3n(-c3cncc(-n4c5ccccc5c5cccc(C)c54)c3-c3ccccc3C#N)c12. The Morgan fingerprint density at radius 1 is 0.548 bits per heavy atom. The number of hydrogen-bond donors (Lipinski definition) is 0. The van der Waals surface area contributed by atoms with Crippen molar-refractivity contribution < 1.29 is 0 Å². The molecule has 0 saturated heterocycles. The fourth-order valence-electron chi connectivity index (χ4n) is 6.73. The number of rotatable bonds is 3. The molecule has 0 N–H and O–H groups in total. The first-order valence-corrected chi connectivity index (χ1v) is 14.1. The molecule has 8 rings (SSSR count). The molecule has 4 nitrogen and oxygen atoms in total. The lowest BCUT2D eigenvalue weighted by Gasteiger charge is -2.20. The van der Waals surface area contributed by atoms with Gasteiger partial charge in [0, 0.05) is 32.7 Å². The molecule has 0 unspecified atom stereocenters. The number of fused-ring (bicyclic) bond motifs is 6. The Hall–Kier alpha value is -5.66. The van der Waals surface area contributed by atoms with Gasteiger partial charge >= 0.3 is 0 Å². The predicted octanol–water partition coefficient (Wildman–Crippen LogP) is 9.43. The van der Waals surface area contributed by atoms with Crippen LogP contribution in [0.15, 0.2) is 122 Å². The minimum absolute atomic E-state index is 0.626. The summed E-state index contributed by atoms with van der Waals surface area (Å²) >= 11 is 0. The van der Waals surface area contributed by atoms with Crippen molar-refractivity contribution in [2.75, 3.05) is 0 Å². The van der Waals surface area contributed by atoms with Gasteiger partial charge in [0.2, 0.25) is 0 Å². The van der Waals surface area contributed by atoms with E-state index < -0.39 is 0 Å². The lowest BCUT2D eigenvalue weighted by atomic mass is 9.97. The fraction of sp³-hybridized carbons (Fsp3) is 0.0526. The van der Waals surface area contributed by atoms with Gasteiger partial charge in [-0.25, -0.2) is 0 Å². The summed E-state index contributed by atoms with van der Waals surface area (Å²) in [6.07, 6.45) is 3.90. The molecule has 0 saturated carbocycles. The van der Waals surface area contributed by atoms with Crippen molar-refractivity contribution in [3.05, 3.63) is 138 Å². The van der Waals surface area contributed by atoms with E-state index in [2.05, 4.69) is 120 Å². The summed E-state index contributed by atoms with van der Waals surface area (Å²) in [5.74, 6) is 0. The fourth-order valence-corrected chi connectivity index (χ4v) is 6.73. The van der Waals surface area contributed by atoms with Crippen LogP contribution in [0, 0.1) is 25.2 Å². The minimum atomic E-state index is 0.626. The lowest BCUT2D eigenvalue weighted by Crippen LogP contribution is -2.06. The van der Waals surface area contributed by atoms with E-state index in [0.29, 0.717) is 5.56 Å². The summed E-state index contributed by atoms with van der Waals surface area (Å²) in [5.41, 5.74) is 11.2. The van der Waals surface area contributed by atoms with E-state index in [1.807, 2.05) is 30.6 Å². The molecule has 5 aromatic carbocycles. The van der Waals surface area contributed by atoms with Crippen LogP contribution in [0.4, 0.5) is 0 Å². The molecule has 0 aliphatic carbocycles. The van der Waals surface area contributed by atoms with E-state index >= 15 is 0 Å². The molecule has 42 heavy (non-hydrogen) atoms. The molecule has 198 valence electrons. The molecular weight excluding hydrogens is 512 g/mol. The normalized spacial score (nSPS) is 11.5. The average molecular weight is 539 g/mol. The van der Waals surface area contributed by atoms with Crippen molar-refractivity contribution in [3.8, 4) is 28.6 Å². The van der Waals surface area contributed by atoms with Gasteiger partial charge < -0.3 is 9.13 Å². The van der Waals surface area contributed by atoms with Crippen LogP contribution in [-0.4, -0.2) is 14.1 Å². The predicted molar refractivity (Wildman–Crippen MR) is 173 cm³/mol. The largest absolute Gasteiger partial charge is 0.307 e. The number of aromatic nitrogens is 3. The first kappa shape index (κ1) is 24.2. The zero-order valence-corrected chi connectivity index (χ0v) is 23.3. The molecule has 3 aromatic heterocycles. The number of aryl methyl sites for hydroxylation is 2. The van der Waals surface area contributed by atoms with Gasteiger partial charge in [-0.3, -0.25) is 4.98 Å². The highest BCUT2D eigenvalue weighted by Gasteiger charge is 2.24. The number of pyridine rings is 1. The summed E-state index contributed by atoms with van der Waals surface area (Å²) < 4.78 is 4.67. The molecule has 0 aliphatic rings. The second-order valence-electron chi connectivity index (χ2n) is 10.9. The van der Waals surface area contributed by atoms with Crippen LogP contribution >= 0.6 is 0 Å². The van der Waals surface area contributed by atoms with Crippen molar-refractivity contribution in [3.63, 3.8) is 0 Å². The molecule has 0 amide bonds. The highest BCUT2D eigenvalue weighted by atomic mass is 15.0. The van der Waals surface area contributed by atoms with Gasteiger partial charge in [-0.05, 0) is 43.2 Å². The van der Waals surface area contributed by atoms with Gasteiger partial charge in [0.25, 0.3) is 0 Å². The van der Waals surface area contributed by atoms with Crippen molar-refractivity contribution in [1.29, 1.82) is 5.26 Å². The molecule has 4 heteroatoms. The Kier molecular flexibility index (Phi) is 5.29. The van der Waals surface area contributed by atoms with Gasteiger partial charge in [-0.15, -0.1) is 0 Å². The van der Waals surface area contributed by atoms with Crippen molar-refractivity contribution >= 4 is 43.6 Å². The van der Waals surface area contributed by atoms with Crippen LogP contribution in [0.2, 0.25) is 0 Å². The summed E-state index contributed by atoms with van der Waals surface area (Å²) in [4.78, 5) is 4.90. The maximum Gasteiger partial charge on any atom is 0.0998 e. The van der Waals surface area contributed by atoms with Crippen LogP contribution in [0.5, 0.6) is 0 Å².